The number of rotatable bonds is 5. The van der Waals surface area contributed by atoms with Crippen molar-refractivity contribution in [1.29, 1.82) is 0 Å². The van der Waals surface area contributed by atoms with Gasteiger partial charge in [0.05, 0.1) is 4.90 Å². The van der Waals surface area contributed by atoms with Crippen molar-refractivity contribution in [1.82, 2.24) is 20.0 Å². The molecular weight excluding hydrogens is 430 g/mol. The number of nitrogens with one attached hydrogen (secondary N) is 1. The summed E-state index contributed by atoms with van der Waals surface area (Å²) >= 11 is 0. The number of amides is 1. The highest BCUT2D eigenvalue weighted by atomic mass is 32.2. The summed E-state index contributed by atoms with van der Waals surface area (Å²) < 4.78 is 33.6. The largest absolute Gasteiger partial charge is 0.334 e. The van der Waals surface area contributed by atoms with Gasteiger partial charge in [0.2, 0.25) is 5.82 Å². The number of carbonyl (C=O) groups is 1. The summed E-state index contributed by atoms with van der Waals surface area (Å²) in [5.74, 6) is 0.00459. The van der Waals surface area contributed by atoms with Crippen LogP contribution in [-0.2, 0) is 10.0 Å². The first kappa shape index (κ1) is 21.9. The van der Waals surface area contributed by atoms with Gasteiger partial charge in [-0.1, -0.05) is 36.2 Å². The van der Waals surface area contributed by atoms with Gasteiger partial charge in [0.15, 0.2) is 0 Å². The van der Waals surface area contributed by atoms with Crippen molar-refractivity contribution in [2.75, 3.05) is 17.8 Å². The molecule has 0 spiro atoms. The quantitative estimate of drug-likeness (QED) is 0.625. The number of carbonyl (C=O) groups excluding carboxylic acids is 1. The Hall–Kier alpha value is -3.27. The third-order valence-electron chi connectivity index (χ3n) is 5.39. The molecule has 4 rings (SSSR count). The summed E-state index contributed by atoms with van der Waals surface area (Å²) in [6.45, 7) is 4.91. The second-order valence-corrected chi connectivity index (χ2v) is 9.59. The molecule has 0 radical (unpaired) electrons. The highest BCUT2D eigenvalue weighted by Crippen LogP contribution is 2.25. The molecule has 1 aliphatic rings. The molecule has 1 N–H and O–H groups in total. The van der Waals surface area contributed by atoms with E-state index in [0.717, 1.165) is 31.2 Å². The molecule has 0 aliphatic carbocycles. The fourth-order valence-electron chi connectivity index (χ4n) is 3.59. The smallest absolute Gasteiger partial charge is 0.316 e. The van der Waals surface area contributed by atoms with E-state index in [1.54, 1.807) is 42.3 Å². The summed E-state index contributed by atoms with van der Waals surface area (Å²) in [6.07, 6.45) is 5.70. The minimum atomic E-state index is -3.89. The Balaban J connectivity index is 1.59. The van der Waals surface area contributed by atoms with Crippen molar-refractivity contribution in [2.45, 2.75) is 44.4 Å². The van der Waals surface area contributed by atoms with E-state index in [1.165, 1.54) is 6.07 Å². The van der Waals surface area contributed by atoms with Gasteiger partial charge in [0.25, 0.3) is 10.0 Å². The van der Waals surface area contributed by atoms with Crippen molar-refractivity contribution in [3.05, 3.63) is 53.5 Å². The molecule has 1 saturated heterocycles. The first-order chi connectivity index (χ1) is 15.3. The minimum absolute atomic E-state index is 0.0718. The van der Waals surface area contributed by atoms with E-state index in [1.807, 2.05) is 6.92 Å². The Morgan fingerprint density at radius 1 is 1.06 bits per heavy atom. The van der Waals surface area contributed by atoms with Gasteiger partial charge in [-0.15, -0.1) is 0 Å². The van der Waals surface area contributed by atoms with Crippen LogP contribution in [0.3, 0.4) is 0 Å². The zero-order valence-corrected chi connectivity index (χ0v) is 18.9. The van der Waals surface area contributed by atoms with Crippen LogP contribution in [0.2, 0.25) is 0 Å². The van der Waals surface area contributed by atoms with E-state index in [0.29, 0.717) is 24.2 Å². The topological polar surface area (TPSA) is 118 Å². The molecule has 9 nitrogen and oxygen atoms in total. The minimum Gasteiger partial charge on any atom is -0.334 e. The van der Waals surface area contributed by atoms with Gasteiger partial charge in [-0.3, -0.25) is 9.52 Å². The summed E-state index contributed by atoms with van der Waals surface area (Å²) in [5, 5.41) is 3.91. The van der Waals surface area contributed by atoms with Crippen LogP contribution in [-0.4, -0.2) is 47.4 Å². The Morgan fingerprint density at radius 3 is 2.50 bits per heavy atom. The lowest BCUT2D eigenvalue weighted by molar-refractivity contribution is 0.0711. The molecule has 1 aliphatic heterocycles. The Labute approximate surface area is 186 Å². The first-order valence-corrected chi connectivity index (χ1v) is 12.0. The zero-order valence-electron chi connectivity index (χ0n) is 18.0. The fourth-order valence-corrected chi connectivity index (χ4v) is 4.87. The number of sulfonamides is 1. The van der Waals surface area contributed by atoms with Crippen LogP contribution in [0.15, 0.2) is 45.9 Å². The molecule has 1 amide bonds. The summed E-state index contributed by atoms with van der Waals surface area (Å²) in [4.78, 5) is 22.9. The number of aromatic nitrogens is 3. The summed E-state index contributed by atoms with van der Waals surface area (Å²) in [7, 11) is -3.89. The van der Waals surface area contributed by atoms with E-state index in [-0.39, 0.29) is 28.3 Å². The Kier molecular flexibility index (Phi) is 6.22. The summed E-state index contributed by atoms with van der Waals surface area (Å²) in [6, 6.07) is 8.21. The number of aryl methyl sites for hydroxylation is 2. The maximum absolute atomic E-state index is 13.0. The molecule has 1 aromatic carbocycles. The van der Waals surface area contributed by atoms with Gasteiger partial charge in [-0.2, -0.15) is 4.98 Å². The molecule has 3 heterocycles. The maximum Gasteiger partial charge on any atom is 0.316 e. The van der Waals surface area contributed by atoms with Crippen LogP contribution >= 0.6 is 0 Å². The average Bonchev–Trinajstić information content (AvgIpc) is 3.10. The molecule has 0 unspecified atom stereocenters. The fraction of sp³-hybridized carbons (Fsp3) is 0.364. The number of hydrogen-bond donors (Lipinski definition) is 1. The molecule has 0 saturated carbocycles. The number of anilines is 1. The molecular formula is C22H25N5O4S. The maximum atomic E-state index is 13.0. The van der Waals surface area contributed by atoms with Crippen molar-refractivity contribution >= 4 is 21.7 Å². The van der Waals surface area contributed by atoms with Gasteiger partial charge in [-0.25, -0.2) is 13.4 Å². The number of benzene rings is 1. The van der Waals surface area contributed by atoms with Gasteiger partial charge in [-0.05, 0) is 49.9 Å². The van der Waals surface area contributed by atoms with Gasteiger partial charge >= 0.3 is 11.8 Å². The average molecular weight is 456 g/mol. The van der Waals surface area contributed by atoms with Crippen molar-refractivity contribution in [2.24, 2.45) is 0 Å². The SMILES string of the molecule is Cc1ccc(NS(=O)(=O)c2cc(-c3noc(C(=O)N4CCCCCC4)n3)ccc2C)nc1. The molecule has 0 bridgehead atoms. The van der Waals surface area contributed by atoms with Crippen molar-refractivity contribution in [3.63, 3.8) is 0 Å². The third-order valence-corrected chi connectivity index (χ3v) is 6.89. The van der Waals surface area contributed by atoms with Gasteiger partial charge < -0.3 is 9.42 Å². The van der Waals surface area contributed by atoms with Crippen molar-refractivity contribution < 1.29 is 17.7 Å². The predicted octanol–water partition coefficient (Wildman–Crippen LogP) is 3.57. The Bertz CT molecular complexity index is 1210. The molecule has 3 aromatic rings. The molecule has 0 atom stereocenters. The predicted molar refractivity (Wildman–Crippen MR) is 119 cm³/mol. The van der Waals surface area contributed by atoms with Crippen molar-refractivity contribution in [3.8, 4) is 11.4 Å². The van der Waals surface area contributed by atoms with E-state index in [4.69, 9.17) is 4.52 Å². The zero-order chi connectivity index (χ0) is 22.7. The van der Waals surface area contributed by atoms with E-state index < -0.39 is 10.0 Å². The Morgan fingerprint density at radius 2 is 1.81 bits per heavy atom. The lowest BCUT2D eigenvalue weighted by Crippen LogP contribution is -2.32. The number of hydrogen-bond acceptors (Lipinski definition) is 7. The van der Waals surface area contributed by atoms with E-state index >= 15 is 0 Å². The number of nitrogens with zero attached hydrogens (tertiary/aromatic N) is 4. The van der Waals surface area contributed by atoms with Crippen LogP contribution in [0.25, 0.3) is 11.4 Å². The molecule has 1 fully saturated rings. The third kappa shape index (κ3) is 4.80. The number of likely N-dealkylation sites (tertiary alicyclic amines) is 1. The standard InChI is InChI=1S/C22H25N5O4S/c1-15-7-10-19(23-14-15)26-32(29,30)18-13-17(9-8-16(18)2)20-24-21(31-25-20)22(28)27-11-5-3-4-6-12-27/h7-10,13-14H,3-6,11-12H2,1-2H3,(H,23,26). The first-order valence-electron chi connectivity index (χ1n) is 10.5. The van der Waals surface area contributed by atoms with Crippen LogP contribution in [0.4, 0.5) is 5.82 Å². The van der Waals surface area contributed by atoms with E-state index in [9.17, 15) is 13.2 Å². The second-order valence-electron chi connectivity index (χ2n) is 7.94. The summed E-state index contributed by atoms with van der Waals surface area (Å²) in [5.41, 5.74) is 1.91. The molecule has 168 valence electrons. The molecule has 32 heavy (non-hydrogen) atoms. The van der Waals surface area contributed by atoms with Crippen LogP contribution < -0.4 is 4.72 Å². The monoisotopic (exact) mass is 455 g/mol. The lowest BCUT2D eigenvalue weighted by Gasteiger charge is -2.17. The van der Waals surface area contributed by atoms with Crippen LogP contribution in [0.5, 0.6) is 0 Å². The van der Waals surface area contributed by atoms with Crippen LogP contribution in [0, 0.1) is 13.8 Å². The highest BCUT2D eigenvalue weighted by Gasteiger charge is 2.24. The van der Waals surface area contributed by atoms with Crippen LogP contribution in [0.1, 0.15) is 47.5 Å². The van der Waals surface area contributed by atoms with E-state index in [2.05, 4.69) is 19.8 Å². The molecule has 10 heteroatoms. The highest BCUT2D eigenvalue weighted by molar-refractivity contribution is 7.92. The number of pyridine rings is 1. The normalized spacial score (nSPS) is 14.8. The van der Waals surface area contributed by atoms with Gasteiger partial charge in [0.1, 0.15) is 5.82 Å². The lowest BCUT2D eigenvalue weighted by atomic mass is 10.1. The van der Waals surface area contributed by atoms with Gasteiger partial charge in [0, 0.05) is 24.8 Å². The second kappa shape index (κ2) is 9.07. The molecule has 2 aromatic heterocycles.